The summed E-state index contributed by atoms with van der Waals surface area (Å²) in [6.07, 6.45) is 2.42. The van der Waals surface area contributed by atoms with Crippen molar-refractivity contribution in [2.24, 2.45) is 10.8 Å². The number of Topliss-reactive ketones (excluding diaryl/α,β-unsaturated/α-hetero) is 2. The van der Waals surface area contributed by atoms with Gasteiger partial charge in [-0.25, -0.2) is 0 Å². The molecule has 0 saturated heterocycles. The minimum Gasteiger partial charge on any atom is -0.490 e. The van der Waals surface area contributed by atoms with E-state index in [0.29, 0.717) is 42.6 Å². The summed E-state index contributed by atoms with van der Waals surface area (Å²) in [5.74, 6) is 0.678. The van der Waals surface area contributed by atoms with Crippen molar-refractivity contribution in [1.29, 1.82) is 0 Å². The number of benzene rings is 3. The van der Waals surface area contributed by atoms with Gasteiger partial charge in [-0.15, -0.1) is 0 Å². The van der Waals surface area contributed by atoms with Gasteiger partial charge in [0.25, 0.3) is 0 Å². The second-order valence-corrected chi connectivity index (χ2v) is 14.2. The molecule has 0 N–H and O–H groups in total. The largest absolute Gasteiger partial charge is 0.490 e. The minimum absolute atomic E-state index is 0.0950. The summed E-state index contributed by atoms with van der Waals surface area (Å²) in [6.45, 7) is 11.2. The number of carbonyl (C=O) groups excluding carboxylic acids is 2. The van der Waals surface area contributed by atoms with Crippen LogP contribution in [0.15, 0.2) is 77.1 Å². The van der Waals surface area contributed by atoms with Crippen LogP contribution >= 0.6 is 11.6 Å². The van der Waals surface area contributed by atoms with Crippen molar-refractivity contribution in [2.45, 2.75) is 72.8 Å². The zero-order chi connectivity index (χ0) is 30.7. The van der Waals surface area contributed by atoms with Gasteiger partial charge in [0.15, 0.2) is 23.1 Å². The lowest BCUT2D eigenvalue weighted by atomic mass is 9.63. The Hall–Kier alpha value is -3.57. The number of ketones is 2. The molecule has 3 aromatic carbocycles. The molecule has 3 aliphatic rings. The fraction of sp³-hybridized carbons (Fsp3) is 0.405. The zero-order valence-corrected chi connectivity index (χ0v) is 26.7. The lowest BCUT2D eigenvalue weighted by Crippen LogP contribution is -2.43. The molecular weight excluding hydrogens is 558 g/mol. The number of rotatable bonds is 6. The maximum atomic E-state index is 13.9. The number of nitrogens with zero attached hydrogens (tertiary/aromatic N) is 1. The molecule has 0 atom stereocenters. The van der Waals surface area contributed by atoms with Crippen molar-refractivity contribution in [2.75, 3.05) is 13.7 Å². The van der Waals surface area contributed by atoms with E-state index in [0.717, 1.165) is 57.3 Å². The van der Waals surface area contributed by atoms with E-state index in [9.17, 15) is 9.59 Å². The molecule has 0 unspecified atom stereocenters. The Bertz CT molecular complexity index is 1650. The highest BCUT2D eigenvalue weighted by atomic mass is 35.5. The molecule has 0 bridgehead atoms. The number of hydrogen-bond acceptors (Lipinski definition) is 5. The third-order valence-electron chi connectivity index (χ3n) is 9.10. The summed E-state index contributed by atoms with van der Waals surface area (Å²) in [6, 6.07) is 18.2. The number of carbonyl (C=O) groups is 2. The molecule has 6 rings (SSSR count). The van der Waals surface area contributed by atoms with Gasteiger partial charge in [-0.1, -0.05) is 81.8 Å². The van der Waals surface area contributed by atoms with E-state index in [4.69, 9.17) is 21.1 Å². The van der Waals surface area contributed by atoms with Crippen LogP contribution in [0, 0.1) is 10.8 Å². The summed E-state index contributed by atoms with van der Waals surface area (Å²) in [7, 11) is 2.02. The summed E-state index contributed by atoms with van der Waals surface area (Å²) in [5, 5.41) is 2.67. The summed E-state index contributed by atoms with van der Waals surface area (Å²) in [5.41, 5.74) is 4.99. The lowest BCUT2D eigenvalue weighted by molar-refractivity contribution is -0.119. The Labute approximate surface area is 259 Å². The number of halogens is 1. The summed E-state index contributed by atoms with van der Waals surface area (Å²) >= 11 is 7.00. The van der Waals surface area contributed by atoms with Crippen LogP contribution in [-0.2, 0) is 16.2 Å². The quantitative estimate of drug-likeness (QED) is 0.284. The number of ether oxygens (including phenoxy) is 2. The van der Waals surface area contributed by atoms with Crippen LogP contribution < -0.4 is 9.47 Å². The molecule has 0 saturated carbocycles. The van der Waals surface area contributed by atoms with E-state index in [-0.39, 0.29) is 22.4 Å². The van der Waals surface area contributed by atoms with Gasteiger partial charge in [0.2, 0.25) is 0 Å². The predicted molar refractivity (Wildman–Crippen MR) is 172 cm³/mol. The molecular formula is C37H40ClNO4. The standard InChI is InChI=1S/C37H40ClNO4/c1-7-42-31-16-24(15-26(38)35(31)43-21-23-13-10-12-22-11-8-9-14-25(22)23)32-33-27(17-36(2,3)19-29(33)40)39(6)28-18-37(4,5)20-30(41)34(28)32/h8-16,32H,7,17-21H2,1-6H3. The Kier molecular flexibility index (Phi) is 7.45. The Balaban J connectivity index is 1.46. The van der Waals surface area contributed by atoms with Crippen molar-refractivity contribution in [3.05, 3.63) is 93.3 Å². The average molecular weight is 598 g/mol. The molecule has 6 heteroatoms. The first-order valence-electron chi connectivity index (χ1n) is 15.2. The van der Waals surface area contributed by atoms with Crippen molar-refractivity contribution >= 4 is 33.9 Å². The average Bonchev–Trinajstić information content (AvgIpc) is 2.93. The number of allylic oxidation sites excluding steroid dienone is 4. The maximum absolute atomic E-state index is 13.9. The van der Waals surface area contributed by atoms with E-state index in [1.54, 1.807) is 0 Å². The number of fused-ring (bicyclic) bond motifs is 1. The van der Waals surface area contributed by atoms with Crippen LogP contribution in [0.2, 0.25) is 5.02 Å². The molecule has 0 radical (unpaired) electrons. The second kappa shape index (κ2) is 10.9. The minimum atomic E-state index is -0.489. The van der Waals surface area contributed by atoms with Crippen LogP contribution in [0.4, 0.5) is 0 Å². The first-order chi connectivity index (χ1) is 20.4. The predicted octanol–water partition coefficient (Wildman–Crippen LogP) is 8.79. The normalized spacial score (nSPS) is 19.9. The molecule has 5 nitrogen and oxygen atoms in total. The van der Waals surface area contributed by atoms with Crippen LogP contribution in [0.25, 0.3) is 10.8 Å². The van der Waals surface area contributed by atoms with Gasteiger partial charge in [0.05, 0.1) is 11.6 Å². The van der Waals surface area contributed by atoms with Gasteiger partial charge in [0, 0.05) is 48.3 Å². The fourth-order valence-electron chi connectivity index (χ4n) is 7.22. The fourth-order valence-corrected chi connectivity index (χ4v) is 7.50. The van der Waals surface area contributed by atoms with Gasteiger partial charge >= 0.3 is 0 Å². The van der Waals surface area contributed by atoms with Crippen LogP contribution in [0.1, 0.15) is 77.3 Å². The molecule has 2 aliphatic carbocycles. The molecule has 43 heavy (non-hydrogen) atoms. The van der Waals surface area contributed by atoms with E-state index in [1.165, 1.54) is 0 Å². The third-order valence-corrected chi connectivity index (χ3v) is 9.38. The Morgan fingerprint density at radius 2 is 1.44 bits per heavy atom. The summed E-state index contributed by atoms with van der Waals surface area (Å²) < 4.78 is 12.5. The van der Waals surface area contributed by atoms with Gasteiger partial charge in [-0.2, -0.15) is 0 Å². The van der Waals surface area contributed by atoms with Crippen molar-refractivity contribution < 1.29 is 19.1 Å². The molecule has 3 aromatic rings. The number of hydrogen-bond donors (Lipinski definition) is 0. The highest BCUT2D eigenvalue weighted by molar-refractivity contribution is 6.32. The zero-order valence-electron chi connectivity index (χ0n) is 26.0. The topological polar surface area (TPSA) is 55.8 Å². The van der Waals surface area contributed by atoms with Crippen LogP contribution in [-0.4, -0.2) is 30.1 Å². The lowest BCUT2D eigenvalue weighted by Gasteiger charge is -2.48. The van der Waals surface area contributed by atoms with Crippen LogP contribution in [0.3, 0.4) is 0 Å². The Morgan fingerprint density at radius 1 is 0.837 bits per heavy atom. The Morgan fingerprint density at radius 3 is 2.07 bits per heavy atom. The van der Waals surface area contributed by atoms with Crippen LogP contribution in [0.5, 0.6) is 11.5 Å². The highest BCUT2D eigenvalue weighted by Crippen LogP contribution is 2.55. The molecule has 1 heterocycles. The summed E-state index contributed by atoms with van der Waals surface area (Å²) in [4.78, 5) is 30.0. The van der Waals surface area contributed by atoms with E-state index in [2.05, 4.69) is 56.9 Å². The molecule has 1 aliphatic heterocycles. The third kappa shape index (κ3) is 5.37. The van der Waals surface area contributed by atoms with E-state index in [1.807, 2.05) is 44.3 Å². The molecule has 0 amide bonds. The van der Waals surface area contributed by atoms with Gasteiger partial charge < -0.3 is 14.4 Å². The molecule has 0 aromatic heterocycles. The monoisotopic (exact) mass is 597 g/mol. The molecule has 0 spiro atoms. The van der Waals surface area contributed by atoms with Crippen molar-refractivity contribution in [3.8, 4) is 11.5 Å². The van der Waals surface area contributed by atoms with Gasteiger partial charge in [0.1, 0.15) is 6.61 Å². The van der Waals surface area contributed by atoms with E-state index >= 15 is 0 Å². The first-order valence-corrected chi connectivity index (χ1v) is 15.6. The van der Waals surface area contributed by atoms with Gasteiger partial charge in [-0.3, -0.25) is 9.59 Å². The highest BCUT2D eigenvalue weighted by Gasteiger charge is 2.48. The molecule has 224 valence electrons. The SMILES string of the molecule is CCOc1cc(C2C3=C(CC(C)(C)CC3=O)N(C)C3=C2C(=O)CC(C)(C)C3)cc(Cl)c1OCc1cccc2ccccc12. The van der Waals surface area contributed by atoms with Crippen molar-refractivity contribution in [3.63, 3.8) is 0 Å². The van der Waals surface area contributed by atoms with E-state index < -0.39 is 5.92 Å². The first kappa shape index (κ1) is 29.5. The van der Waals surface area contributed by atoms with Crippen molar-refractivity contribution in [1.82, 2.24) is 4.90 Å². The molecule has 0 fully saturated rings. The second-order valence-electron chi connectivity index (χ2n) is 13.8. The smallest absolute Gasteiger partial charge is 0.180 e. The van der Waals surface area contributed by atoms with Gasteiger partial charge in [-0.05, 0) is 64.6 Å². The maximum Gasteiger partial charge on any atom is 0.180 e.